The summed E-state index contributed by atoms with van der Waals surface area (Å²) in [6.07, 6.45) is 0.419. The summed E-state index contributed by atoms with van der Waals surface area (Å²) in [6, 6.07) is 15.7. The van der Waals surface area contributed by atoms with Crippen LogP contribution in [0.15, 0.2) is 54.7 Å². The molecule has 32 heavy (non-hydrogen) atoms. The molecule has 0 radical (unpaired) electrons. The predicted molar refractivity (Wildman–Crippen MR) is 123 cm³/mol. The smallest absolute Gasteiger partial charge is 0.119 e. The molecular weight excluding hydrogens is 430 g/mol. The lowest BCUT2D eigenvalue weighted by molar-refractivity contribution is 0.0888. The van der Waals surface area contributed by atoms with Gasteiger partial charge in [-0.3, -0.25) is 0 Å². The summed E-state index contributed by atoms with van der Waals surface area (Å²) < 4.78 is 12.9. The lowest BCUT2D eigenvalue weighted by Gasteiger charge is -2.26. The highest BCUT2D eigenvalue weighted by atomic mass is 35.5. The van der Waals surface area contributed by atoms with Crippen LogP contribution < -0.4 is 9.47 Å². The third-order valence-corrected chi connectivity index (χ3v) is 5.62. The third kappa shape index (κ3) is 6.45. The van der Waals surface area contributed by atoms with Gasteiger partial charge >= 0.3 is 0 Å². The minimum atomic E-state index is -0.682. The van der Waals surface area contributed by atoms with Crippen molar-refractivity contribution in [2.75, 3.05) is 19.1 Å². The summed E-state index contributed by atoms with van der Waals surface area (Å²) in [6.45, 7) is 6.82. The van der Waals surface area contributed by atoms with E-state index in [0.29, 0.717) is 18.0 Å². The number of benzene rings is 2. The number of aliphatic hydroxyl groups excluding tert-OH is 2. The number of nitrogens with zero attached hydrogens (tertiary/aromatic N) is 3. The van der Waals surface area contributed by atoms with Crippen LogP contribution in [0.5, 0.6) is 11.5 Å². The molecular formula is C24H30ClN3O4. The largest absolute Gasteiger partial charge is 0.491 e. The number of hydrogen-bond donors (Lipinski definition) is 2. The Hall–Kier alpha value is -2.61. The topological polar surface area (TPSA) is 89.6 Å². The Balaban J connectivity index is 1.56. The first kappa shape index (κ1) is 24.0. The molecule has 3 rings (SSSR count). The maximum Gasteiger partial charge on any atom is 0.119 e. The molecule has 1 heterocycles. The molecule has 0 aliphatic carbocycles. The number of aliphatic hydroxyl groups is 2. The van der Waals surface area contributed by atoms with Crippen LogP contribution in [-0.4, -0.2) is 56.5 Å². The zero-order valence-electron chi connectivity index (χ0n) is 18.6. The van der Waals surface area contributed by atoms with E-state index < -0.39 is 12.2 Å². The molecule has 0 fully saturated rings. The lowest BCUT2D eigenvalue weighted by atomic mass is 9.78. The Morgan fingerprint density at radius 2 is 1.41 bits per heavy atom. The van der Waals surface area contributed by atoms with Crippen molar-refractivity contribution in [2.45, 2.75) is 44.9 Å². The molecule has 0 amide bonds. The van der Waals surface area contributed by atoms with Crippen LogP contribution in [-0.2, 0) is 12.0 Å². The van der Waals surface area contributed by atoms with Crippen LogP contribution >= 0.6 is 11.6 Å². The fourth-order valence-corrected chi connectivity index (χ4v) is 3.37. The van der Waals surface area contributed by atoms with Gasteiger partial charge in [0, 0.05) is 11.6 Å². The maximum absolute atomic E-state index is 10.2. The van der Waals surface area contributed by atoms with Crippen molar-refractivity contribution in [3.63, 3.8) is 0 Å². The van der Waals surface area contributed by atoms with Crippen molar-refractivity contribution in [1.82, 2.24) is 15.0 Å². The molecule has 0 spiro atoms. The molecule has 0 aliphatic heterocycles. The highest BCUT2D eigenvalue weighted by Gasteiger charge is 2.23. The van der Waals surface area contributed by atoms with E-state index in [-0.39, 0.29) is 24.5 Å². The van der Waals surface area contributed by atoms with Gasteiger partial charge in [0.2, 0.25) is 0 Å². The van der Waals surface area contributed by atoms with Crippen LogP contribution in [0.4, 0.5) is 0 Å². The van der Waals surface area contributed by atoms with Crippen LogP contribution in [0.1, 0.15) is 30.7 Å². The van der Waals surface area contributed by atoms with E-state index >= 15 is 0 Å². The molecule has 8 heteroatoms. The fourth-order valence-electron chi connectivity index (χ4n) is 3.28. The quantitative estimate of drug-likeness (QED) is 0.427. The summed E-state index contributed by atoms with van der Waals surface area (Å²) in [5.74, 6) is 1.53. The number of hydrogen-bond acceptors (Lipinski definition) is 6. The molecule has 2 N–H and O–H groups in total. The summed E-state index contributed by atoms with van der Waals surface area (Å²) in [5.41, 5.74) is 2.85. The first-order valence-electron chi connectivity index (χ1n) is 10.5. The number of halogens is 1. The van der Waals surface area contributed by atoms with E-state index in [0.717, 1.165) is 16.8 Å². The molecule has 172 valence electrons. The van der Waals surface area contributed by atoms with Gasteiger partial charge in [0.15, 0.2) is 0 Å². The van der Waals surface area contributed by atoms with Gasteiger partial charge in [-0.05, 0) is 42.3 Å². The summed E-state index contributed by atoms with van der Waals surface area (Å²) in [7, 11) is 0. The predicted octanol–water partition coefficient (Wildman–Crippen LogP) is 3.33. The van der Waals surface area contributed by atoms with Gasteiger partial charge in [-0.15, -0.1) is 16.7 Å². The van der Waals surface area contributed by atoms with E-state index in [1.54, 1.807) is 10.9 Å². The Kier molecular flexibility index (Phi) is 8.12. The number of ether oxygens (including phenoxy) is 2. The van der Waals surface area contributed by atoms with Crippen molar-refractivity contribution in [3.8, 4) is 11.5 Å². The first-order chi connectivity index (χ1) is 15.3. The van der Waals surface area contributed by atoms with Crippen LogP contribution in [0, 0.1) is 6.92 Å². The van der Waals surface area contributed by atoms with E-state index in [4.69, 9.17) is 21.1 Å². The number of alkyl halides is 1. The van der Waals surface area contributed by atoms with E-state index in [1.807, 2.05) is 55.5 Å². The zero-order chi connectivity index (χ0) is 23.1. The Bertz CT molecular complexity index is 974. The second kappa shape index (κ2) is 10.8. The van der Waals surface area contributed by atoms with Crippen molar-refractivity contribution < 1.29 is 19.7 Å². The monoisotopic (exact) mass is 459 g/mol. The molecule has 0 aliphatic rings. The van der Waals surface area contributed by atoms with Crippen LogP contribution in [0.25, 0.3) is 0 Å². The average molecular weight is 460 g/mol. The molecule has 2 aromatic carbocycles. The first-order valence-corrected chi connectivity index (χ1v) is 11.1. The normalized spacial score (nSPS) is 13.6. The third-order valence-electron chi connectivity index (χ3n) is 5.27. The Morgan fingerprint density at radius 1 is 0.906 bits per heavy atom. The minimum absolute atomic E-state index is 0.144. The molecule has 0 saturated carbocycles. The molecule has 7 nitrogen and oxygen atoms in total. The average Bonchev–Trinajstić information content (AvgIpc) is 3.20. The molecule has 0 unspecified atom stereocenters. The number of rotatable bonds is 11. The van der Waals surface area contributed by atoms with Crippen molar-refractivity contribution >= 4 is 11.6 Å². The zero-order valence-corrected chi connectivity index (χ0v) is 19.4. The van der Waals surface area contributed by atoms with Crippen molar-refractivity contribution in [3.05, 3.63) is 71.5 Å². The van der Waals surface area contributed by atoms with Crippen molar-refractivity contribution in [1.29, 1.82) is 0 Å². The Labute approximate surface area is 193 Å². The van der Waals surface area contributed by atoms with E-state index in [9.17, 15) is 10.2 Å². The molecule has 2 atom stereocenters. The maximum atomic E-state index is 10.2. The van der Waals surface area contributed by atoms with E-state index in [2.05, 4.69) is 24.2 Å². The second-order valence-electron chi connectivity index (χ2n) is 8.34. The highest BCUT2D eigenvalue weighted by molar-refractivity contribution is 6.18. The second-order valence-corrected chi connectivity index (χ2v) is 8.65. The standard InChI is InChI=1S/C24H30ClN3O4/c1-17-13-28(27-26-17)14-21(30)16-32-23-10-6-19(7-11-23)24(2,3)18-4-8-22(9-5-18)31-15-20(29)12-25/h4-11,13,20-21,29-30H,12,14-16H2,1-3H3/t20-,21-/m0/s1. The molecule has 3 aromatic rings. The van der Waals surface area contributed by atoms with Gasteiger partial charge < -0.3 is 19.7 Å². The lowest BCUT2D eigenvalue weighted by Crippen LogP contribution is -2.24. The summed E-state index contributed by atoms with van der Waals surface area (Å²) >= 11 is 5.59. The highest BCUT2D eigenvalue weighted by Crippen LogP contribution is 2.33. The van der Waals surface area contributed by atoms with Gasteiger partial charge in [-0.25, -0.2) is 4.68 Å². The van der Waals surface area contributed by atoms with Crippen molar-refractivity contribution in [2.24, 2.45) is 0 Å². The van der Waals surface area contributed by atoms with Gasteiger partial charge in [0.25, 0.3) is 0 Å². The van der Waals surface area contributed by atoms with Gasteiger partial charge in [0.1, 0.15) is 36.9 Å². The summed E-state index contributed by atoms with van der Waals surface area (Å²) in [5, 5.41) is 27.5. The Morgan fingerprint density at radius 3 is 1.84 bits per heavy atom. The summed E-state index contributed by atoms with van der Waals surface area (Å²) in [4.78, 5) is 0. The van der Waals surface area contributed by atoms with Crippen LogP contribution in [0.2, 0.25) is 0 Å². The number of aryl methyl sites for hydroxylation is 1. The van der Waals surface area contributed by atoms with Crippen LogP contribution in [0.3, 0.4) is 0 Å². The molecule has 0 bridgehead atoms. The molecule has 0 saturated heterocycles. The fraction of sp³-hybridized carbons (Fsp3) is 0.417. The van der Waals surface area contributed by atoms with Gasteiger partial charge in [0.05, 0.1) is 18.1 Å². The minimum Gasteiger partial charge on any atom is -0.491 e. The molecule has 1 aromatic heterocycles. The van der Waals surface area contributed by atoms with Gasteiger partial charge in [-0.1, -0.05) is 43.3 Å². The number of aromatic nitrogens is 3. The van der Waals surface area contributed by atoms with Gasteiger partial charge in [-0.2, -0.15) is 0 Å². The van der Waals surface area contributed by atoms with E-state index in [1.165, 1.54) is 0 Å². The SMILES string of the molecule is Cc1cn(C[C@H](O)COc2ccc(C(C)(C)c3ccc(OC[C@@H](O)CCl)cc3)cc2)nn1.